The Labute approximate surface area is 122 Å². The van der Waals surface area contributed by atoms with Gasteiger partial charge in [0, 0.05) is 11.5 Å². The normalized spacial score (nSPS) is 11.2. The predicted octanol–water partition coefficient (Wildman–Crippen LogP) is 3.70. The van der Waals surface area contributed by atoms with Crippen LogP contribution in [0.1, 0.15) is 32.0 Å². The van der Waals surface area contributed by atoms with E-state index in [1.54, 1.807) is 13.2 Å². The minimum absolute atomic E-state index is 0.366. The molecule has 4 nitrogen and oxygen atoms in total. The number of aryl methyl sites for hydroxylation is 1. The largest absolute Gasteiger partial charge is 0.443 e. The van der Waals surface area contributed by atoms with Gasteiger partial charge in [-0.3, -0.25) is 9.88 Å². The van der Waals surface area contributed by atoms with Gasteiger partial charge in [0.2, 0.25) is 0 Å². The van der Waals surface area contributed by atoms with Crippen LogP contribution < -0.4 is 4.90 Å². The summed E-state index contributed by atoms with van der Waals surface area (Å²) in [5, 5.41) is 0. The van der Waals surface area contributed by atoms with Crippen molar-refractivity contribution in [1.29, 1.82) is 0 Å². The number of halogens is 1. The van der Waals surface area contributed by atoms with Crippen LogP contribution in [0.15, 0.2) is 12.3 Å². The molecule has 0 atom stereocenters. The molecule has 0 bridgehead atoms. The molecule has 0 saturated carbocycles. The summed E-state index contributed by atoms with van der Waals surface area (Å²) in [5.41, 5.74) is 2.31. The second-order valence-electron chi connectivity index (χ2n) is 5.14. The first-order valence-electron chi connectivity index (χ1n) is 5.73. The lowest BCUT2D eigenvalue weighted by molar-refractivity contribution is 0.0589. The van der Waals surface area contributed by atoms with E-state index in [2.05, 4.69) is 27.6 Å². The number of rotatable bonds is 2. The smallest absolute Gasteiger partial charge is 0.414 e. The zero-order valence-electron chi connectivity index (χ0n) is 11.5. The summed E-state index contributed by atoms with van der Waals surface area (Å²) in [4.78, 5) is 17.7. The van der Waals surface area contributed by atoms with Gasteiger partial charge < -0.3 is 4.74 Å². The molecule has 0 unspecified atom stereocenters. The summed E-state index contributed by atoms with van der Waals surface area (Å²) in [5.74, 6) is 0. The Morgan fingerprint density at radius 2 is 2.11 bits per heavy atom. The third-order valence-corrected chi connectivity index (χ3v) is 3.09. The van der Waals surface area contributed by atoms with Gasteiger partial charge in [-0.05, 0) is 39.3 Å². The first kappa shape index (κ1) is 15.2. The molecule has 1 aromatic rings. The minimum atomic E-state index is -0.491. The maximum atomic E-state index is 11.9. The summed E-state index contributed by atoms with van der Waals surface area (Å²) in [7, 11) is 1.70. The van der Waals surface area contributed by atoms with Crippen molar-refractivity contribution in [3.8, 4) is 0 Å². The van der Waals surface area contributed by atoms with Crippen molar-refractivity contribution in [2.45, 2.75) is 37.7 Å². The summed E-state index contributed by atoms with van der Waals surface area (Å²) in [6.07, 6.45) is 1.35. The number of hydrogen-bond acceptors (Lipinski definition) is 3. The number of anilines is 1. The molecule has 100 valence electrons. The average Bonchev–Trinajstić information content (AvgIpc) is 2.25. The summed E-state index contributed by atoms with van der Waals surface area (Å²) in [6, 6.07) is 1.99. The van der Waals surface area contributed by atoms with Crippen LogP contribution in [-0.2, 0) is 9.16 Å². The molecule has 0 fully saturated rings. The second-order valence-corrected chi connectivity index (χ2v) is 5.90. The van der Waals surface area contributed by atoms with Crippen LogP contribution in [0.25, 0.3) is 0 Å². The van der Waals surface area contributed by atoms with Gasteiger partial charge in [0.15, 0.2) is 0 Å². The molecular weight excluding hydrogens is 343 g/mol. The highest BCUT2D eigenvalue weighted by molar-refractivity contribution is 14.1. The van der Waals surface area contributed by atoms with Crippen molar-refractivity contribution in [1.82, 2.24) is 4.98 Å². The van der Waals surface area contributed by atoms with Crippen molar-refractivity contribution in [2.75, 3.05) is 11.9 Å². The molecule has 18 heavy (non-hydrogen) atoms. The third kappa shape index (κ3) is 4.12. The van der Waals surface area contributed by atoms with E-state index in [4.69, 9.17) is 4.74 Å². The Morgan fingerprint density at radius 1 is 1.50 bits per heavy atom. The van der Waals surface area contributed by atoms with E-state index in [1.807, 2.05) is 33.8 Å². The minimum Gasteiger partial charge on any atom is -0.443 e. The Morgan fingerprint density at radius 3 is 2.56 bits per heavy atom. The number of hydrogen-bond donors (Lipinski definition) is 0. The lowest BCUT2D eigenvalue weighted by Gasteiger charge is -2.25. The zero-order chi connectivity index (χ0) is 13.9. The van der Waals surface area contributed by atoms with E-state index < -0.39 is 5.60 Å². The van der Waals surface area contributed by atoms with Gasteiger partial charge in [0.05, 0.1) is 17.6 Å². The van der Waals surface area contributed by atoms with E-state index in [1.165, 1.54) is 4.90 Å². The summed E-state index contributed by atoms with van der Waals surface area (Å²) in [6.45, 7) is 7.52. The maximum absolute atomic E-state index is 11.9. The fraction of sp³-hybridized carbons (Fsp3) is 0.538. The van der Waals surface area contributed by atoms with Crippen LogP contribution in [0.4, 0.5) is 10.5 Å². The van der Waals surface area contributed by atoms with Gasteiger partial charge in [-0.2, -0.15) is 0 Å². The first-order chi connectivity index (χ1) is 8.24. The number of carbonyl (C=O) groups is 1. The van der Waals surface area contributed by atoms with E-state index in [9.17, 15) is 4.79 Å². The molecule has 1 heterocycles. The highest BCUT2D eigenvalue weighted by Gasteiger charge is 2.21. The standard InChI is InChI=1S/C13H19IN2O2/c1-9-6-10(7-14)15-8-11(9)16(5)12(17)18-13(2,3)4/h6,8H,7H2,1-5H3. The molecule has 5 heteroatoms. The van der Waals surface area contributed by atoms with Crippen LogP contribution in [0, 0.1) is 6.92 Å². The number of pyridine rings is 1. The van der Waals surface area contributed by atoms with Gasteiger partial charge in [-0.1, -0.05) is 22.6 Å². The Hall–Kier alpha value is -0.850. The Balaban J connectivity index is 2.90. The number of alkyl halides is 1. The van der Waals surface area contributed by atoms with Crippen molar-refractivity contribution in [3.05, 3.63) is 23.5 Å². The van der Waals surface area contributed by atoms with Crippen molar-refractivity contribution >= 4 is 34.4 Å². The van der Waals surface area contributed by atoms with Gasteiger partial charge in [0.25, 0.3) is 0 Å². The molecule has 0 aliphatic heterocycles. The van der Waals surface area contributed by atoms with Crippen molar-refractivity contribution < 1.29 is 9.53 Å². The molecular formula is C13H19IN2O2. The monoisotopic (exact) mass is 362 g/mol. The highest BCUT2D eigenvalue weighted by Crippen LogP contribution is 2.21. The number of carbonyl (C=O) groups excluding carboxylic acids is 1. The van der Waals surface area contributed by atoms with E-state index >= 15 is 0 Å². The van der Waals surface area contributed by atoms with Crippen LogP contribution >= 0.6 is 22.6 Å². The van der Waals surface area contributed by atoms with Crippen LogP contribution in [0.3, 0.4) is 0 Å². The Bertz CT molecular complexity index is 441. The predicted molar refractivity (Wildman–Crippen MR) is 81.3 cm³/mol. The van der Waals surface area contributed by atoms with Crippen LogP contribution in [0.5, 0.6) is 0 Å². The molecule has 0 N–H and O–H groups in total. The lowest BCUT2D eigenvalue weighted by atomic mass is 10.2. The zero-order valence-corrected chi connectivity index (χ0v) is 13.6. The molecule has 0 aromatic carbocycles. The summed E-state index contributed by atoms with van der Waals surface area (Å²) < 4.78 is 6.18. The van der Waals surface area contributed by atoms with Gasteiger partial charge >= 0.3 is 6.09 Å². The molecule has 0 aliphatic rings. The SMILES string of the molecule is Cc1cc(CI)ncc1N(C)C(=O)OC(C)(C)C. The molecule has 1 aromatic heterocycles. The maximum Gasteiger partial charge on any atom is 0.414 e. The topological polar surface area (TPSA) is 42.4 Å². The van der Waals surface area contributed by atoms with E-state index in [0.717, 1.165) is 21.4 Å². The highest BCUT2D eigenvalue weighted by atomic mass is 127. The molecule has 1 rings (SSSR count). The van der Waals surface area contributed by atoms with Gasteiger partial charge in [0.1, 0.15) is 5.60 Å². The van der Waals surface area contributed by atoms with E-state index in [-0.39, 0.29) is 6.09 Å². The van der Waals surface area contributed by atoms with Crippen LogP contribution in [0.2, 0.25) is 0 Å². The number of aromatic nitrogens is 1. The molecule has 1 amide bonds. The quantitative estimate of drug-likeness (QED) is 0.595. The molecule has 0 aliphatic carbocycles. The van der Waals surface area contributed by atoms with Crippen molar-refractivity contribution in [2.24, 2.45) is 0 Å². The van der Waals surface area contributed by atoms with Crippen LogP contribution in [-0.4, -0.2) is 23.7 Å². The fourth-order valence-corrected chi connectivity index (χ4v) is 1.88. The van der Waals surface area contributed by atoms with E-state index in [0.29, 0.717) is 0 Å². The fourth-order valence-electron chi connectivity index (χ4n) is 1.46. The molecule has 0 saturated heterocycles. The third-order valence-electron chi connectivity index (χ3n) is 2.31. The average molecular weight is 362 g/mol. The first-order valence-corrected chi connectivity index (χ1v) is 7.25. The van der Waals surface area contributed by atoms with Crippen molar-refractivity contribution in [3.63, 3.8) is 0 Å². The van der Waals surface area contributed by atoms with Gasteiger partial charge in [-0.25, -0.2) is 4.79 Å². The summed E-state index contributed by atoms with van der Waals surface area (Å²) >= 11 is 2.26. The molecule has 0 radical (unpaired) electrons. The Kier molecular flexibility index (Phi) is 4.95. The molecule has 0 spiro atoms. The van der Waals surface area contributed by atoms with Gasteiger partial charge in [-0.15, -0.1) is 0 Å². The lowest BCUT2D eigenvalue weighted by Crippen LogP contribution is -2.34. The number of amides is 1. The number of ether oxygens (including phenoxy) is 1. The number of nitrogens with zero attached hydrogens (tertiary/aromatic N) is 2. The second kappa shape index (κ2) is 5.86.